The molecule has 0 unspecified atom stereocenters. The standard InChI is InChI=1S/C13H12ClN3O3/c14-9-2-1-8-7(11(9)15)3-5-16-12(8)13(20)17-6-4-10(18)19/h1-3,5H,4,6,15H2,(H,17,20)(H,18,19). The highest BCUT2D eigenvalue weighted by molar-refractivity contribution is 6.34. The molecule has 20 heavy (non-hydrogen) atoms. The lowest BCUT2D eigenvalue weighted by atomic mass is 10.1. The van der Waals surface area contributed by atoms with Gasteiger partial charge < -0.3 is 16.2 Å². The maximum atomic E-state index is 12.0. The lowest BCUT2D eigenvalue weighted by molar-refractivity contribution is -0.136. The zero-order valence-corrected chi connectivity index (χ0v) is 11.1. The number of hydrogen-bond acceptors (Lipinski definition) is 4. The fraction of sp³-hybridized carbons (Fsp3) is 0.154. The summed E-state index contributed by atoms with van der Waals surface area (Å²) in [6, 6.07) is 4.92. The van der Waals surface area contributed by atoms with E-state index in [-0.39, 0.29) is 18.7 Å². The summed E-state index contributed by atoms with van der Waals surface area (Å²) >= 11 is 5.93. The monoisotopic (exact) mass is 293 g/mol. The number of aromatic nitrogens is 1. The van der Waals surface area contributed by atoms with Gasteiger partial charge in [0.1, 0.15) is 5.69 Å². The Balaban J connectivity index is 2.33. The Bertz CT molecular complexity index is 688. The molecule has 1 aromatic carbocycles. The minimum absolute atomic E-state index is 0.0370. The topological polar surface area (TPSA) is 105 Å². The van der Waals surface area contributed by atoms with E-state index in [4.69, 9.17) is 22.4 Å². The molecule has 0 saturated carbocycles. The first-order chi connectivity index (χ1) is 9.50. The van der Waals surface area contributed by atoms with Crippen LogP contribution in [0.1, 0.15) is 16.9 Å². The van der Waals surface area contributed by atoms with Crippen molar-refractivity contribution in [2.45, 2.75) is 6.42 Å². The zero-order valence-electron chi connectivity index (χ0n) is 10.4. The number of hydrogen-bond donors (Lipinski definition) is 3. The summed E-state index contributed by atoms with van der Waals surface area (Å²) in [7, 11) is 0. The van der Waals surface area contributed by atoms with Crippen molar-refractivity contribution in [3.8, 4) is 0 Å². The van der Waals surface area contributed by atoms with Crippen molar-refractivity contribution >= 4 is 39.9 Å². The molecule has 0 fully saturated rings. The number of carbonyl (C=O) groups excluding carboxylic acids is 1. The molecule has 1 aromatic heterocycles. The van der Waals surface area contributed by atoms with Crippen LogP contribution in [0.3, 0.4) is 0 Å². The van der Waals surface area contributed by atoms with Gasteiger partial charge >= 0.3 is 5.97 Å². The Morgan fingerprint density at radius 2 is 2.05 bits per heavy atom. The van der Waals surface area contributed by atoms with Gasteiger partial charge in [0.2, 0.25) is 0 Å². The van der Waals surface area contributed by atoms with Crippen LogP contribution >= 0.6 is 11.6 Å². The fourth-order valence-corrected chi connectivity index (χ4v) is 1.96. The molecule has 0 aliphatic rings. The normalized spacial score (nSPS) is 10.4. The first-order valence-electron chi connectivity index (χ1n) is 5.83. The van der Waals surface area contributed by atoms with Crippen molar-refractivity contribution in [1.29, 1.82) is 0 Å². The average molecular weight is 294 g/mol. The molecule has 0 aliphatic heterocycles. The number of aliphatic carboxylic acids is 1. The Hall–Kier alpha value is -2.34. The second-order valence-corrected chi connectivity index (χ2v) is 4.52. The first-order valence-corrected chi connectivity index (χ1v) is 6.21. The van der Waals surface area contributed by atoms with Crippen LogP contribution in [0, 0.1) is 0 Å². The summed E-state index contributed by atoms with van der Waals surface area (Å²) in [5.74, 6) is -1.43. The SMILES string of the molecule is Nc1c(Cl)ccc2c(C(=O)NCCC(=O)O)nccc12. The van der Waals surface area contributed by atoms with Crippen LogP contribution < -0.4 is 11.1 Å². The number of anilines is 1. The van der Waals surface area contributed by atoms with Crippen molar-refractivity contribution in [3.63, 3.8) is 0 Å². The molecule has 0 bridgehead atoms. The molecule has 2 aromatic rings. The van der Waals surface area contributed by atoms with Gasteiger partial charge in [-0.1, -0.05) is 17.7 Å². The van der Waals surface area contributed by atoms with E-state index in [1.807, 2.05) is 0 Å². The van der Waals surface area contributed by atoms with Gasteiger partial charge in [0, 0.05) is 23.5 Å². The van der Waals surface area contributed by atoms with Gasteiger partial charge in [-0.15, -0.1) is 0 Å². The third-order valence-corrected chi connectivity index (χ3v) is 3.10. The molecule has 0 radical (unpaired) electrons. The summed E-state index contributed by atoms with van der Waals surface area (Å²) in [5.41, 5.74) is 6.43. The number of pyridine rings is 1. The highest BCUT2D eigenvalue weighted by Gasteiger charge is 2.13. The summed E-state index contributed by atoms with van der Waals surface area (Å²) in [4.78, 5) is 26.4. The molecule has 104 valence electrons. The maximum absolute atomic E-state index is 12.0. The van der Waals surface area contributed by atoms with Gasteiger partial charge in [-0.05, 0) is 12.1 Å². The van der Waals surface area contributed by atoms with Crippen LogP contribution in [0.25, 0.3) is 10.8 Å². The number of carbonyl (C=O) groups is 2. The first kappa shape index (κ1) is 14.1. The summed E-state index contributed by atoms with van der Waals surface area (Å²) in [5, 5.41) is 12.6. The quantitative estimate of drug-likeness (QED) is 0.744. The molecule has 6 nitrogen and oxygen atoms in total. The number of nitrogens with one attached hydrogen (secondary N) is 1. The Labute approximate surface area is 119 Å². The van der Waals surface area contributed by atoms with Crippen molar-refractivity contribution in [1.82, 2.24) is 10.3 Å². The molecule has 2 rings (SSSR count). The lowest BCUT2D eigenvalue weighted by Gasteiger charge is -2.08. The third-order valence-electron chi connectivity index (χ3n) is 2.77. The molecular weight excluding hydrogens is 282 g/mol. The van der Waals surface area contributed by atoms with E-state index >= 15 is 0 Å². The number of nitrogen functional groups attached to an aromatic ring is 1. The number of nitrogens with zero attached hydrogens (tertiary/aromatic N) is 1. The number of carboxylic acids is 1. The highest BCUT2D eigenvalue weighted by Crippen LogP contribution is 2.29. The maximum Gasteiger partial charge on any atom is 0.305 e. The number of carboxylic acid groups (broad SMARTS) is 1. The fourth-order valence-electron chi connectivity index (χ4n) is 1.80. The van der Waals surface area contributed by atoms with Gasteiger partial charge in [-0.2, -0.15) is 0 Å². The van der Waals surface area contributed by atoms with Gasteiger partial charge in [0.15, 0.2) is 0 Å². The predicted octanol–water partition coefficient (Wildman–Crippen LogP) is 1.67. The Morgan fingerprint density at radius 3 is 2.75 bits per heavy atom. The van der Waals surface area contributed by atoms with Crippen LogP contribution in [0.15, 0.2) is 24.4 Å². The van der Waals surface area contributed by atoms with Crippen molar-refractivity contribution in [3.05, 3.63) is 35.1 Å². The Morgan fingerprint density at radius 1 is 1.30 bits per heavy atom. The Kier molecular flexibility index (Phi) is 4.05. The van der Waals surface area contributed by atoms with Crippen molar-refractivity contribution in [2.24, 2.45) is 0 Å². The third kappa shape index (κ3) is 2.80. The second-order valence-electron chi connectivity index (χ2n) is 4.12. The molecule has 4 N–H and O–H groups in total. The minimum Gasteiger partial charge on any atom is -0.481 e. The van der Waals surface area contributed by atoms with Crippen LogP contribution in [0.2, 0.25) is 5.02 Å². The average Bonchev–Trinajstić information content (AvgIpc) is 2.42. The smallest absolute Gasteiger partial charge is 0.305 e. The van der Waals surface area contributed by atoms with Crippen LogP contribution in [-0.4, -0.2) is 28.5 Å². The van der Waals surface area contributed by atoms with Crippen LogP contribution in [0.4, 0.5) is 5.69 Å². The van der Waals surface area contributed by atoms with E-state index in [0.29, 0.717) is 21.5 Å². The largest absolute Gasteiger partial charge is 0.481 e. The number of fused-ring (bicyclic) bond motifs is 1. The molecule has 0 spiro atoms. The number of rotatable bonds is 4. The molecule has 0 atom stereocenters. The van der Waals surface area contributed by atoms with Gasteiger partial charge in [0.25, 0.3) is 5.91 Å². The van der Waals surface area contributed by atoms with E-state index in [0.717, 1.165) is 0 Å². The molecule has 1 amide bonds. The molecular formula is C13H12ClN3O3. The number of amides is 1. The number of benzene rings is 1. The van der Waals surface area contributed by atoms with Crippen molar-refractivity contribution in [2.75, 3.05) is 12.3 Å². The van der Waals surface area contributed by atoms with Crippen LogP contribution in [-0.2, 0) is 4.79 Å². The number of halogens is 1. The molecule has 0 aliphatic carbocycles. The van der Waals surface area contributed by atoms with Gasteiger partial charge in [-0.3, -0.25) is 14.6 Å². The van der Waals surface area contributed by atoms with Crippen LogP contribution in [0.5, 0.6) is 0 Å². The van der Waals surface area contributed by atoms with E-state index in [1.54, 1.807) is 18.2 Å². The van der Waals surface area contributed by atoms with E-state index in [9.17, 15) is 9.59 Å². The van der Waals surface area contributed by atoms with E-state index in [1.165, 1.54) is 6.20 Å². The van der Waals surface area contributed by atoms with E-state index < -0.39 is 11.9 Å². The molecule has 7 heteroatoms. The predicted molar refractivity (Wildman–Crippen MR) is 75.8 cm³/mol. The second kappa shape index (κ2) is 5.75. The van der Waals surface area contributed by atoms with Crippen molar-refractivity contribution < 1.29 is 14.7 Å². The zero-order chi connectivity index (χ0) is 14.7. The molecule has 1 heterocycles. The lowest BCUT2D eigenvalue weighted by Crippen LogP contribution is -2.27. The molecule has 0 saturated heterocycles. The number of nitrogens with two attached hydrogens (primary N) is 1. The summed E-state index contributed by atoms with van der Waals surface area (Å²) in [6.45, 7) is 0.0370. The van der Waals surface area contributed by atoms with E-state index in [2.05, 4.69) is 10.3 Å². The summed E-state index contributed by atoms with van der Waals surface area (Å²) in [6.07, 6.45) is 1.31. The van der Waals surface area contributed by atoms with Gasteiger partial charge in [0.05, 0.1) is 17.1 Å². The highest BCUT2D eigenvalue weighted by atomic mass is 35.5. The van der Waals surface area contributed by atoms with Gasteiger partial charge in [-0.25, -0.2) is 0 Å². The minimum atomic E-state index is -0.979. The summed E-state index contributed by atoms with van der Waals surface area (Å²) < 4.78 is 0.